The van der Waals surface area contributed by atoms with Crippen molar-refractivity contribution < 1.29 is 4.74 Å². The molecule has 74 valence electrons. The van der Waals surface area contributed by atoms with Crippen molar-refractivity contribution in [1.29, 1.82) is 0 Å². The quantitative estimate of drug-likeness (QED) is 0.754. The van der Waals surface area contributed by atoms with Crippen LogP contribution in [-0.2, 0) is 0 Å². The number of rotatable bonds is 2. The molecule has 0 radical (unpaired) electrons. The van der Waals surface area contributed by atoms with Gasteiger partial charge in [-0.1, -0.05) is 0 Å². The minimum atomic E-state index is 0.728. The highest BCUT2D eigenvalue weighted by atomic mass is 127. The lowest BCUT2D eigenvalue weighted by Gasteiger charge is -2.10. The molecule has 1 nitrogen and oxygen atoms in total. The summed E-state index contributed by atoms with van der Waals surface area (Å²) in [5, 5.41) is 3.36. The summed E-state index contributed by atoms with van der Waals surface area (Å²) in [5.41, 5.74) is 1.25. The fraction of sp³-hybridized carbons (Fsp3) is 0.273. The number of fused-ring (bicyclic) bond motifs is 1. The molecule has 0 amide bonds. The van der Waals surface area contributed by atoms with Crippen LogP contribution in [0.4, 0.5) is 0 Å². The van der Waals surface area contributed by atoms with Crippen LogP contribution in [0.15, 0.2) is 17.5 Å². The van der Waals surface area contributed by atoms with E-state index in [9.17, 15) is 0 Å². The highest BCUT2D eigenvalue weighted by Gasteiger charge is 2.09. The Morgan fingerprint density at radius 2 is 2.29 bits per heavy atom. The van der Waals surface area contributed by atoms with Gasteiger partial charge in [-0.25, -0.2) is 0 Å². The molecule has 2 rings (SSSR count). The van der Waals surface area contributed by atoms with E-state index in [4.69, 9.17) is 4.74 Å². The fourth-order valence-corrected chi connectivity index (χ4v) is 3.08. The molecule has 0 unspecified atom stereocenters. The number of hydrogen-bond acceptors (Lipinski definition) is 2. The van der Waals surface area contributed by atoms with Crippen molar-refractivity contribution in [3.8, 4) is 5.75 Å². The molecule has 0 saturated heterocycles. The summed E-state index contributed by atoms with van der Waals surface area (Å²) in [6.07, 6.45) is 0. The summed E-state index contributed by atoms with van der Waals surface area (Å²) in [6, 6.07) is 4.35. The molecule has 14 heavy (non-hydrogen) atoms. The zero-order valence-electron chi connectivity index (χ0n) is 8.13. The van der Waals surface area contributed by atoms with Crippen molar-refractivity contribution in [3.05, 3.63) is 26.6 Å². The van der Waals surface area contributed by atoms with Gasteiger partial charge in [-0.3, -0.25) is 0 Å². The predicted octanol–water partition coefficient (Wildman–Crippen LogP) is 4.21. The third-order valence-electron chi connectivity index (χ3n) is 2.19. The third kappa shape index (κ3) is 1.63. The van der Waals surface area contributed by atoms with Crippen molar-refractivity contribution in [3.63, 3.8) is 0 Å². The molecular weight excluding hydrogens is 307 g/mol. The van der Waals surface area contributed by atoms with E-state index in [0.29, 0.717) is 0 Å². The van der Waals surface area contributed by atoms with E-state index in [0.717, 1.165) is 12.4 Å². The van der Waals surface area contributed by atoms with Gasteiger partial charge in [0.25, 0.3) is 0 Å². The Morgan fingerprint density at radius 3 is 3.00 bits per heavy atom. The van der Waals surface area contributed by atoms with E-state index in [2.05, 4.69) is 47.0 Å². The van der Waals surface area contributed by atoms with Gasteiger partial charge in [0.2, 0.25) is 0 Å². The molecule has 0 saturated carbocycles. The van der Waals surface area contributed by atoms with Crippen LogP contribution in [0.5, 0.6) is 5.75 Å². The minimum absolute atomic E-state index is 0.728. The Hall–Kier alpha value is -0.290. The number of hydrogen-bond donors (Lipinski definition) is 0. The van der Waals surface area contributed by atoms with E-state index >= 15 is 0 Å². The van der Waals surface area contributed by atoms with Gasteiger partial charge in [-0.2, -0.15) is 0 Å². The van der Waals surface area contributed by atoms with E-state index in [1.165, 1.54) is 19.2 Å². The third-order valence-corrected chi connectivity index (χ3v) is 4.17. The zero-order valence-corrected chi connectivity index (χ0v) is 11.1. The summed E-state index contributed by atoms with van der Waals surface area (Å²) < 4.78 is 8.28. The molecule has 0 spiro atoms. The first kappa shape index (κ1) is 10.2. The zero-order chi connectivity index (χ0) is 10.1. The standard InChI is InChI=1S/C11H11IOS/c1-3-13-11-7(2)9(12)6-10-8(11)4-5-14-10/h4-6H,3H2,1-2H3. The molecule has 0 aliphatic carbocycles. The second-order valence-electron chi connectivity index (χ2n) is 3.08. The minimum Gasteiger partial charge on any atom is -0.493 e. The first-order valence-corrected chi connectivity index (χ1v) is 6.49. The van der Waals surface area contributed by atoms with Crippen molar-refractivity contribution in [2.45, 2.75) is 13.8 Å². The normalized spacial score (nSPS) is 10.8. The topological polar surface area (TPSA) is 9.23 Å². The first-order valence-electron chi connectivity index (χ1n) is 4.53. The van der Waals surface area contributed by atoms with Gasteiger partial charge in [0.15, 0.2) is 0 Å². The lowest BCUT2D eigenvalue weighted by Crippen LogP contribution is -1.95. The Kier molecular flexibility index (Phi) is 2.97. The van der Waals surface area contributed by atoms with E-state index in [1.54, 1.807) is 11.3 Å². The Bertz CT molecular complexity index is 462. The molecule has 0 aliphatic rings. The predicted molar refractivity (Wildman–Crippen MR) is 70.4 cm³/mol. The van der Waals surface area contributed by atoms with Crippen molar-refractivity contribution in [2.75, 3.05) is 6.61 Å². The van der Waals surface area contributed by atoms with Gasteiger partial charge in [0.05, 0.1) is 6.61 Å². The average Bonchev–Trinajstić information content (AvgIpc) is 2.60. The summed E-state index contributed by atoms with van der Waals surface area (Å²) in [6.45, 7) is 4.87. The molecule has 0 atom stereocenters. The van der Waals surface area contributed by atoms with Crippen LogP contribution in [0.1, 0.15) is 12.5 Å². The average molecular weight is 318 g/mol. The number of thiophene rings is 1. The number of halogens is 1. The van der Waals surface area contributed by atoms with Crippen LogP contribution in [0.25, 0.3) is 10.1 Å². The molecule has 1 aromatic carbocycles. The van der Waals surface area contributed by atoms with Crippen LogP contribution in [-0.4, -0.2) is 6.61 Å². The maximum absolute atomic E-state index is 5.69. The lowest BCUT2D eigenvalue weighted by molar-refractivity contribution is 0.342. The monoisotopic (exact) mass is 318 g/mol. The second kappa shape index (κ2) is 4.06. The van der Waals surface area contributed by atoms with Crippen LogP contribution in [0.3, 0.4) is 0 Å². The Balaban J connectivity index is 2.73. The summed E-state index contributed by atoms with van der Waals surface area (Å²) >= 11 is 4.13. The number of ether oxygens (including phenoxy) is 1. The van der Waals surface area contributed by atoms with Crippen LogP contribution < -0.4 is 4.74 Å². The van der Waals surface area contributed by atoms with E-state index < -0.39 is 0 Å². The highest BCUT2D eigenvalue weighted by molar-refractivity contribution is 14.1. The molecular formula is C11H11IOS. The van der Waals surface area contributed by atoms with Gasteiger partial charge in [-0.15, -0.1) is 11.3 Å². The van der Waals surface area contributed by atoms with Gasteiger partial charge < -0.3 is 4.74 Å². The lowest BCUT2D eigenvalue weighted by atomic mass is 10.1. The SMILES string of the molecule is CCOc1c(C)c(I)cc2sccc12. The largest absolute Gasteiger partial charge is 0.493 e. The van der Waals surface area contributed by atoms with Gasteiger partial charge in [0.1, 0.15) is 5.75 Å². The van der Waals surface area contributed by atoms with Crippen LogP contribution >= 0.6 is 33.9 Å². The smallest absolute Gasteiger partial charge is 0.131 e. The molecule has 0 bridgehead atoms. The Labute approximate surface area is 101 Å². The maximum Gasteiger partial charge on any atom is 0.131 e. The summed E-state index contributed by atoms with van der Waals surface area (Å²) in [4.78, 5) is 0. The highest BCUT2D eigenvalue weighted by Crippen LogP contribution is 2.35. The maximum atomic E-state index is 5.69. The Morgan fingerprint density at radius 1 is 1.50 bits per heavy atom. The summed E-state index contributed by atoms with van der Waals surface area (Å²) in [7, 11) is 0. The van der Waals surface area contributed by atoms with Crippen molar-refractivity contribution in [1.82, 2.24) is 0 Å². The van der Waals surface area contributed by atoms with Gasteiger partial charge in [0, 0.05) is 19.2 Å². The molecule has 3 heteroatoms. The van der Waals surface area contributed by atoms with Crippen LogP contribution in [0.2, 0.25) is 0 Å². The first-order chi connectivity index (χ1) is 6.74. The van der Waals surface area contributed by atoms with Crippen molar-refractivity contribution >= 4 is 44.0 Å². The van der Waals surface area contributed by atoms with Crippen molar-refractivity contribution in [2.24, 2.45) is 0 Å². The number of benzene rings is 1. The molecule has 0 fully saturated rings. The molecule has 2 aromatic rings. The second-order valence-corrected chi connectivity index (χ2v) is 5.19. The van der Waals surface area contributed by atoms with Crippen LogP contribution in [0, 0.1) is 10.5 Å². The molecule has 0 aliphatic heterocycles. The molecule has 1 heterocycles. The summed E-state index contributed by atoms with van der Waals surface area (Å²) in [5.74, 6) is 1.05. The molecule has 0 N–H and O–H groups in total. The van der Waals surface area contributed by atoms with E-state index in [-0.39, 0.29) is 0 Å². The van der Waals surface area contributed by atoms with E-state index in [1.807, 2.05) is 6.92 Å². The fourth-order valence-electron chi connectivity index (χ4n) is 1.48. The molecule has 1 aromatic heterocycles. The van der Waals surface area contributed by atoms with Gasteiger partial charge in [-0.05, 0) is 54.0 Å². The van der Waals surface area contributed by atoms with Gasteiger partial charge >= 0.3 is 0 Å².